The van der Waals surface area contributed by atoms with Crippen LogP contribution in [0.4, 0.5) is 16.3 Å². The Labute approximate surface area is 168 Å². The first-order chi connectivity index (χ1) is 14.1. The maximum atomic E-state index is 12.1. The van der Waals surface area contributed by atoms with Crippen LogP contribution in [0.5, 0.6) is 11.5 Å². The van der Waals surface area contributed by atoms with Crippen molar-refractivity contribution in [2.75, 3.05) is 37.9 Å². The molecule has 2 amide bonds. The van der Waals surface area contributed by atoms with Gasteiger partial charge in [-0.25, -0.2) is 9.48 Å². The quantitative estimate of drug-likeness (QED) is 0.499. The molecule has 0 saturated carbocycles. The van der Waals surface area contributed by atoms with E-state index in [2.05, 4.69) is 31.2 Å². The molecule has 10 heteroatoms. The molecule has 0 fully saturated rings. The zero-order valence-corrected chi connectivity index (χ0v) is 16.5. The second kappa shape index (κ2) is 9.40. The minimum absolute atomic E-state index is 0.353. The van der Waals surface area contributed by atoms with Crippen LogP contribution in [0, 0.1) is 6.92 Å². The van der Waals surface area contributed by atoms with Gasteiger partial charge in [0.05, 0.1) is 25.6 Å². The lowest BCUT2D eigenvalue weighted by atomic mass is 10.2. The molecule has 3 aromatic rings. The van der Waals surface area contributed by atoms with Crippen molar-refractivity contribution < 1.29 is 14.3 Å². The molecule has 0 bridgehead atoms. The minimum atomic E-state index is -0.353. The smallest absolute Gasteiger partial charge is 0.319 e. The van der Waals surface area contributed by atoms with Crippen LogP contribution >= 0.6 is 0 Å². The predicted molar refractivity (Wildman–Crippen MR) is 109 cm³/mol. The summed E-state index contributed by atoms with van der Waals surface area (Å²) in [7, 11) is 3.06. The van der Waals surface area contributed by atoms with E-state index in [1.165, 1.54) is 7.11 Å². The second-order valence-electron chi connectivity index (χ2n) is 6.03. The Morgan fingerprint density at radius 1 is 1.07 bits per heavy atom. The Hall–Kier alpha value is -3.82. The summed E-state index contributed by atoms with van der Waals surface area (Å²) in [6.07, 6.45) is 1.83. The van der Waals surface area contributed by atoms with Gasteiger partial charge in [-0.2, -0.15) is 5.10 Å². The molecule has 2 heterocycles. The average molecular weight is 397 g/mol. The highest BCUT2D eigenvalue weighted by atomic mass is 16.5. The highest BCUT2D eigenvalue weighted by Gasteiger charge is 2.11. The summed E-state index contributed by atoms with van der Waals surface area (Å²) in [6, 6.07) is 10.4. The first-order valence-electron chi connectivity index (χ1n) is 8.97. The van der Waals surface area contributed by atoms with Gasteiger partial charge in [-0.1, -0.05) is 6.07 Å². The SMILES string of the molecule is COc1cccc(NC(=O)NCCNc2ccc(-n3ccc(C)n3)nn2)c1OC. The van der Waals surface area contributed by atoms with E-state index in [1.54, 1.807) is 36.1 Å². The first-order valence-corrected chi connectivity index (χ1v) is 8.97. The van der Waals surface area contributed by atoms with Crippen molar-refractivity contribution in [3.05, 3.63) is 48.3 Å². The van der Waals surface area contributed by atoms with Crippen LogP contribution in [0.3, 0.4) is 0 Å². The molecule has 2 aromatic heterocycles. The van der Waals surface area contributed by atoms with Crippen molar-refractivity contribution in [2.45, 2.75) is 6.92 Å². The van der Waals surface area contributed by atoms with Crippen molar-refractivity contribution in [2.24, 2.45) is 0 Å². The lowest BCUT2D eigenvalue weighted by Crippen LogP contribution is -2.32. The Kier molecular flexibility index (Phi) is 6.46. The van der Waals surface area contributed by atoms with Gasteiger partial charge in [0.25, 0.3) is 0 Å². The molecular formula is C19H23N7O3. The summed E-state index contributed by atoms with van der Waals surface area (Å²) >= 11 is 0. The molecule has 0 unspecified atom stereocenters. The van der Waals surface area contributed by atoms with E-state index in [9.17, 15) is 4.79 Å². The van der Waals surface area contributed by atoms with Crippen LogP contribution in [-0.4, -0.2) is 53.3 Å². The van der Waals surface area contributed by atoms with Crippen molar-refractivity contribution in [3.63, 3.8) is 0 Å². The summed E-state index contributed by atoms with van der Waals surface area (Å²) in [5.74, 6) is 2.24. The molecular weight excluding hydrogens is 374 g/mol. The van der Waals surface area contributed by atoms with Crippen LogP contribution < -0.4 is 25.4 Å². The van der Waals surface area contributed by atoms with Gasteiger partial charge in [-0.15, -0.1) is 10.2 Å². The third-order valence-electron chi connectivity index (χ3n) is 3.98. The molecule has 0 radical (unpaired) electrons. The second-order valence-corrected chi connectivity index (χ2v) is 6.03. The van der Waals surface area contributed by atoms with Crippen molar-refractivity contribution in [3.8, 4) is 17.3 Å². The molecule has 0 spiro atoms. The molecule has 0 atom stereocenters. The van der Waals surface area contributed by atoms with Crippen LogP contribution in [-0.2, 0) is 0 Å². The Morgan fingerprint density at radius 2 is 1.93 bits per heavy atom. The molecule has 3 N–H and O–H groups in total. The number of nitrogens with zero attached hydrogens (tertiary/aromatic N) is 4. The molecule has 0 aliphatic heterocycles. The zero-order chi connectivity index (χ0) is 20.6. The van der Waals surface area contributed by atoms with Gasteiger partial charge >= 0.3 is 6.03 Å². The monoisotopic (exact) mass is 397 g/mol. The molecule has 29 heavy (non-hydrogen) atoms. The van der Waals surface area contributed by atoms with E-state index in [4.69, 9.17) is 9.47 Å². The number of methoxy groups -OCH3 is 2. The average Bonchev–Trinajstić information content (AvgIpc) is 3.17. The number of hydrogen-bond acceptors (Lipinski definition) is 7. The Morgan fingerprint density at radius 3 is 2.59 bits per heavy atom. The van der Waals surface area contributed by atoms with Gasteiger partial charge in [-0.3, -0.25) is 0 Å². The fraction of sp³-hybridized carbons (Fsp3) is 0.263. The summed E-state index contributed by atoms with van der Waals surface area (Å²) in [6.45, 7) is 2.78. The van der Waals surface area contributed by atoms with Gasteiger partial charge in [0, 0.05) is 19.3 Å². The van der Waals surface area contributed by atoms with Gasteiger partial charge in [0.15, 0.2) is 17.3 Å². The number of anilines is 2. The number of urea groups is 1. The van der Waals surface area contributed by atoms with E-state index >= 15 is 0 Å². The fourth-order valence-corrected chi connectivity index (χ4v) is 2.60. The van der Waals surface area contributed by atoms with E-state index in [-0.39, 0.29) is 6.03 Å². The van der Waals surface area contributed by atoms with Crippen LogP contribution in [0.1, 0.15) is 5.69 Å². The van der Waals surface area contributed by atoms with E-state index in [0.717, 1.165) is 5.69 Å². The summed E-state index contributed by atoms with van der Waals surface area (Å²) < 4.78 is 12.2. The topological polar surface area (TPSA) is 115 Å². The van der Waals surface area contributed by atoms with E-state index in [1.807, 2.05) is 25.3 Å². The largest absolute Gasteiger partial charge is 0.493 e. The number of nitrogens with one attached hydrogen (secondary N) is 3. The lowest BCUT2D eigenvalue weighted by Gasteiger charge is -2.14. The first kappa shape index (κ1) is 19.9. The van der Waals surface area contributed by atoms with Gasteiger partial charge < -0.3 is 25.4 Å². The van der Waals surface area contributed by atoms with Crippen molar-refractivity contribution in [1.82, 2.24) is 25.3 Å². The molecule has 152 valence electrons. The maximum Gasteiger partial charge on any atom is 0.319 e. The summed E-state index contributed by atoms with van der Waals surface area (Å²) in [5.41, 5.74) is 1.43. The number of hydrogen-bond donors (Lipinski definition) is 3. The number of carbonyl (C=O) groups is 1. The van der Waals surface area contributed by atoms with Crippen molar-refractivity contribution in [1.29, 1.82) is 0 Å². The predicted octanol–water partition coefficient (Wildman–Crippen LogP) is 2.22. The number of carbonyl (C=O) groups excluding carboxylic acids is 1. The van der Waals surface area contributed by atoms with E-state index < -0.39 is 0 Å². The number of aromatic nitrogens is 4. The molecule has 0 aliphatic carbocycles. The Balaban J connectivity index is 1.45. The number of ether oxygens (including phenoxy) is 2. The molecule has 0 aliphatic rings. The van der Waals surface area contributed by atoms with Crippen molar-refractivity contribution >= 4 is 17.5 Å². The van der Waals surface area contributed by atoms with E-state index in [0.29, 0.717) is 41.9 Å². The molecule has 10 nitrogen and oxygen atoms in total. The third kappa shape index (κ3) is 5.12. The van der Waals surface area contributed by atoms with Gasteiger partial charge in [0.1, 0.15) is 5.82 Å². The van der Waals surface area contributed by atoms with Gasteiger partial charge in [-0.05, 0) is 37.3 Å². The zero-order valence-electron chi connectivity index (χ0n) is 16.5. The number of aryl methyl sites for hydroxylation is 1. The number of benzene rings is 1. The molecule has 1 aromatic carbocycles. The van der Waals surface area contributed by atoms with Gasteiger partial charge in [0.2, 0.25) is 0 Å². The lowest BCUT2D eigenvalue weighted by molar-refractivity contribution is 0.252. The number of amides is 2. The normalized spacial score (nSPS) is 10.3. The summed E-state index contributed by atoms with van der Waals surface area (Å²) in [4.78, 5) is 12.1. The fourth-order valence-electron chi connectivity index (χ4n) is 2.60. The molecule has 3 rings (SSSR count). The standard InChI is InChI=1S/C19H23N7O3/c1-13-9-12-26(25-13)17-8-7-16(23-24-17)20-10-11-21-19(27)22-14-5-4-6-15(28-2)18(14)29-3/h4-9,12H,10-11H2,1-3H3,(H,20,23)(H2,21,22,27). The Bertz CT molecular complexity index is 957. The maximum absolute atomic E-state index is 12.1. The minimum Gasteiger partial charge on any atom is -0.493 e. The van der Waals surface area contributed by atoms with Crippen LogP contribution in [0.15, 0.2) is 42.6 Å². The van der Waals surface area contributed by atoms with Crippen LogP contribution in [0.25, 0.3) is 5.82 Å². The highest BCUT2D eigenvalue weighted by Crippen LogP contribution is 2.34. The summed E-state index contributed by atoms with van der Waals surface area (Å²) in [5, 5.41) is 21.1. The number of para-hydroxylation sites is 1. The van der Waals surface area contributed by atoms with Crippen LogP contribution in [0.2, 0.25) is 0 Å². The highest BCUT2D eigenvalue weighted by molar-refractivity contribution is 5.91. The number of rotatable bonds is 8. The third-order valence-corrected chi connectivity index (χ3v) is 3.98. The molecule has 0 saturated heterocycles.